The van der Waals surface area contributed by atoms with E-state index in [1.807, 2.05) is 37.3 Å². The summed E-state index contributed by atoms with van der Waals surface area (Å²) in [5.74, 6) is 0.661. The van der Waals surface area contributed by atoms with E-state index in [4.69, 9.17) is 4.74 Å². The predicted octanol–water partition coefficient (Wildman–Crippen LogP) is 3.74. The minimum atomic E-state index is -3.61. The molecule has 0 aliphatic heterocycles. The van der Waals surface area contributed by atoms with Crippen molar-refractivity contribution in [2.24, 2.45) is 0 Å². The Labute approximate surface area is 138 Å². The van der Waals surface area contributed by atoms with Crippen LogP contribution in [0.1, 0.15) is 36.1 Å². The fraction of sp³-hybridized carbons (Fsp3) is 0.333. The summed E-state index contributed by atoms with van der Waals surface area (Å²) >= 11 is 0. The van der Waals surface area contributed by atoms with Crippen LogP contribution in [0.4, 0.5) is 0 Å². The molecule has 0 aromatic heterocycles. The number of sulfonamides is 1. The molecule has 0 saturated heterocycles. The molecule has 2 aromatic rings. The zero-order chi connectivity index (χ0) is 17.0. The molecular formula is C18H23NO3S. The van der Waals surface area contributed by atoms with Gasteiger partial charge in [-0.05, 0) is 49.1 Å². The lowest BCUT2D eigenvalue weighted by atomic mass is 10.1. The molecule has 0 aliphatic carbocycles. The van der Waals surface area contributed by atoms with Crippen molar-refractivity contribution in [1.82, 2.24) is 4.72 Å². The Balaban J connectivity index is 2.39. The third-order valence-electron chi connectivity index (χ3n) is 3.85. The molecule has 23 heavy (non-hydrogen) atoms. The molecule has 0 unspecified atom stereocenters. The van der Waals surface area contributed by atoms with Crippen LogP contribution in [-0.4, -0.2) is 15.5 Å². The Kier molecular flexibility index (Phi) is 5.44. The highest BCUT2D eigenvalue weighted by Gasteiger charge is 2.24. The molecule has 0 radical (unpaired) electrons. The van der Waals surface area contributed by atoms with Gasteiger partial charge in [-0.2, -0.15) is 0 Å². The lowest BCUT2D eigenvalue weighted by Gasteiger charge is -2.20. The highest BCUT2D eigenvalue weighted by Crippen LogP contribution is 2.27. The molecule has 0 spiro atoms. The summed E-state index contributed by atoms with van der Waals surface area (Å²) in [5, 5.41) is 0. The number of hydrogen-bond donors (Lipinski definition) is 1. The maximum Gasteiger partial charge on any atom is 0.241 e. The van der Waals surface area contributed by atoms with Gasteiger partial charge in [-0.25, -0.2) is 13.1 Å². The fourth-order valence-electron chi connectivity index (χ4n) is 2.77. The number of nitrogens with one attached hydrogen (secondary N) is 1. The Morgan fingerprint density at radius 3 is 2.13 bits per heavy atom. The molecular weight excluding hydrogens is 310 g/mol. The van der Waals surface area contributed by atoms with E-state index < -0.39 is 10.0 Å². The first-order valence-electron chi connectivity index (χ1n) is 7.61. The van der Waals surface area contributed by atoms with Crippen molar-refractivity contribution < 1.29 is 13.2 Å². The van der Waals surface area contributed by atoms with Crippen LogP contribution >= 0.6 is 0 Å². The average molecular weight is 333 g/mol. The first-order valence-corrected chi connectivity index (χ1v) is 9.10. The van der Waals surface area contributed by atoms with Crippen molar-refractivity contribution in [3.63, 3.8) is 0 Å². The lowest BCUT2D eigenvalue weighted by molar-refractivity contribution is 0.413. The summed E-state index contributed by atoms with van der Waals surface area (Å²) in [6.45, 7) is 5.54. The normalized spacial score (nSPS) is 12.9. The van der Waals surface area contributed by atoms with Crippen molar-refractivity contribution >= 4 is 10.0 Å². The van der Waals surface area contributed by atoms with E-state index in [1.54, 1.807) is 33.1 Å². The Hall–Kier alpha value is -1.85. The van der Waals surface area contributed by atoms with Gasteiger partial charge in [-0.15, -0.1) is 0 Å². The van der Waals surface area contributed by atoms with Crippen LogP contribution in [0.2, 0.25) is 0 Å². The largest absolute Gasteiger partial charge is 0.497 e. The highest BCUT2D eigenvalue weighted by atomic mass is 32.2. The molecule has 2 rings (SSSR count). The van der Waals surface area contributed by atoms with Gasteiger partial charge >= 0.3 is 0 Å². The maximum absolute atomic E-state index is 12.9. The fourth-order valence-corrected chi connectivity index (χ4v) is 4.53. The molecule has 2 aromatic carbocycles. The van der Waals surface area contributed by atoms with Crippen LogP contribution in [0.25, 0.3) is 0 Å². The Bertz CT molecular complexity index is 747. The molecule has 0 saturated carbocycles. The van der Waals surface area contributed by atoms with E-state index in [2.05, 4.69) is 4.72 Å². The number of aryl methyl sites for hydroxylation is 2. The molecule has 0 amide bonds. The van der Waals surface area contributed by atoms with Crippen molar-refractivity contribution in [3.05, 3.63) is 59.2 Å². The number of ether oxygens (including phenoxy) is 1. The minimum Gasteiger partial charge on any atom is -0.497 e. The summed E-state index contributed by atoms with van der Waals surface area (Å²) in [4.78, 5) is 0.327. The van der Waals surface area contributed by atoms with Gasteiger partial charge in [0.1, 0.15) is 5.75 Å². The van der Waals surface area contributed by atoms with E-state index in [0.29, 0.717) is 28.2 Å². The van der Waals surface area contributed by atoms with E-state index in [-0.39, 0.29) is 6.04 Å². The summed E-state index contributed by atoms with van der Waals surface area (Å²) in [6.07, 6.45) is 0.678. The number of methoxy groups -OCH3 is 1. The molecule has 0 fully saturated rings. The van der Waals surface area contributed by atoms with Gasteiger partial charge < -0.3 is 4.74 Å². The third-order valence-corrected chi connectivity index (χ3v) is 5.62. The van der Waals surface area contributed by atoms with Crippen molar-refractivity contribution in [1.29, 1.82) is 0 Å². The zero-order valence-electron chi connectivity index (χ0n) is 14.0. The summed E-state index contributed by atoms with van der Waals surface area (Å²) in [5.41, 5.74) is 2.32. The van der Waals surface area contributed by atoms with Gasteiger partial charge in [0.15, 0.2) is 0 Å². The lowest BCUT2D eigenvalue weighted by Crippen LogP contribution is -2.29. The second kappa shape index (κ2) is 7.15. The average Bonchev–Trinajstić information content (AvgIpc) is 2.52. The molecule has 1 atom stereocenters. The van der Waals surface area contributed by atoms with Gasteiger partial charge in [0, 0.05) is 6.04 Å². The van der Waals surface area contributed by atoms with Crippen LogP contribution in [0, 0.1) is 13.8 Å². The van der Waals surface area contributed by atoms with Gasteiger partial charge in [-0.1, -0.05) is 37.3 Å². The monoisotopic (exact) mass is 333 g/mol. The molecule has 5 heteroatoms. The smallest absolute Gasteiger partial charge is 0.241 e. The van der Waals surface area contributed by atoms with Crippen LogP contribution in [-0.2, 0) is 10.0 Å². The van der Waals surface area contributed by atoms with Crippen LogP contribution in [0.3, 0.4) is 0 Å². The highest BCUT2D eigenvalue weighted by molar-refractivity contribution is 7.89. The first-order chi connectivity index (χ1) is 10.9. The minimum absolute atomic E-state index is 0.248. The molecule has 4 nitrogen and oxygen atoms in total. The van der Waals surface area contributed by atoms with Crippen LogP contribution in [0.15, 0.2) is 47.4 Å². The maximum atomic E-state index is 12.9. The second-order valence-electron chi connectivity index (χ2n) is 5.58. The Morgan fingerprint density at radius 1 is 1.09 bits per heavy atom. The van der Waals surface area contributed by atoms with Gasteiger partial charge in [0.05, 0.1) is 12.0 Å². The zero-order valence-corrected chi connectivity index (χ0v) is 14.8. The van der Waals surface area contributed by atoms with Crippen LogP contribution < -0.4 is 9.46 Å². The van der Waals surface area contributed by atoms with E-state index in [0.717, 1.165) is 5.56 Å². The van der Waals surface area contributed by atoms with Gasteiger partial charge in [0.25, 0.3) is 0 Å². The van der Waals surface area contributed by atoms with Gasteiger partial charge in [0.2, 0.25) is 10.0 Å². The standard InChI is InChI=1S/C18H23NO3S/c1-5-17(15-9-7-6-8-10-15)19-23(20,21)18-13(2)11-16(22-4)12-14(18)3/h6-12,17,19H,5H2,1-4H3/t17-/m0/s1. The number of benzene rings is 2. The first kappa shape index (κ1) is 17.5. The van der Waals surface area contributed by atoms with Gasteiger partial charge in [-0.3, -0.25) is 0 Å². The summed E-state index contributed by atoms with van der Waals surface area (Å²) in [7, 11) is -2.04. The Morgan fingerprint density at radius 2 is 1.65 bits per heavy atom. The summed E-state index contributed by atoms with van der Waals surface area (Å²) < 4.78 is 33.8. The predicted molar refractivity (Wildman–Crippen MR) is 92.3 cm³/mol. The number of hydrogen-bond acceptors (Lipinski definition) is 3. The summed E-state index contributed by atoms with van der Waals surface area (Å²) in [6, 6.07) is 12.8. The van der Waals surface area contributed by atoms with Crippen molar-refractivity contribution in [2.75, 3.05) is 7.11 Å². The topological polar surface area (TPSA) is 55.4 Å². The molecule has 0 bridgehead atoms. The SMILES string of the molecule is CC[C@H](NS(=O)(=O)c1c(C)cc(OC)cc1C)c1ccccc1. The molecule has 0 aliphatic rings. The third kappa shape index (κ3) is 3.92. The second-order valence-corrected chi connectivity index (χ2v) is 7.23. The molecule has 0 heterocycles. The van der Waals surface area contributed by atoms with E-state index in [1.165, 1.54) is 0 Å². The van der Waals surface area contributed by atoms with Crippen LogP contribution in [0.5, 0.6) is 5.75 Å². The molecule has 1 N–H and O–H groups in total. The van der Waals surface area contributed by atoms with E-state index in [9.17, 15) is 8.42 Å². The molecule has 124 valence electrons. The van der Waals surface area contributed by atoms with E-state index >= 15 is 0 Å². The number of rotatable bonds is 6. The quantitative estimate of drug-likeness (QED) is 0.876. The van der Waals surface area contributed by atoms with Crippen molar-refractivity contribution in [3.8, 4) is 5.75 Å². The van der Waals surface area contributed by atoms with Crippen molar-refractivity contribution in [2.45, 2.75) is 38.1 Å².